The summed E-state index contributed by atoms with van der Waals surface area (Å²) >= 11 is 4.96. The number of carbonyl (C=O) groups is 1. The van der Waals surface area contributed by atoms with Crippen LogP contribution in [-0.4, -0.2) is 18.2 Å². The van der Waals surface area contributed by atoms with E-state index in [2.05, 4.69) is 31.8 Å². The summed E-state index contributed by atoms with van der Waals surface area (Å²) in [4.78, 5) is 13.1. The van der Waals surface area contributed by atoms with Crippen molar-refractivity contribution >= 4 is 45.1 Å². The van der Waals surface area contributed by atoms with Crippen LogP contribution in [0.1, 0.15) is 18.2 Å². The van der Waals surface area contributed by atoms with Crippen molar-refractivity contribution in [2.24, 2.45) is 5.10 Å². The van der Waals surface area contributed by atoms with Crippen molar-refractivity contribution in [3.8, 4) is 0 Å². The number of halogens is 1. The molecule has 0 aliphatic carbocycles. The molecule has 6 heteroatoms. The zero-order valence-corrected chi connectivity index (χ0v) is 13.9. The van der Waals surface area contributed by atoms with Gasteiger partial charge in [-0.3, -0.25) is 4.79 Å². The van der Waals surface area contributed by atoms with Gasteiger partial charge in [0.2, 0.25) is 0 Å². The SMILES string of the molecule is CC[C@@H](Nc1ccc(Br)cc1)C(=O)N/N=C\c1cccs1. The zero-order chi connectivity index (χ0) is 15.1. The molecule has 2 aromatic rings. The molecule has 2 N–H and O–H groups in total. The van der Waals surface area contributed by atoms with Gasteiger partial charge in [0.25, 0.3) is 5.91 Å². The molecule has 110 valence electrons. The number of nitrogens with one attached hydrogen (secondary N) is 2. The number of amides is 1. The van der Waals surface area contributed by atoms with Gasteiger partial charge in [-0.1, -0.05) is 28.9 Å². The predicted octanol–water partition coefficient (Wildman–Crippen LogP) is 3.85. The maximum atomic E-state index is 12.1. The summed E-state index contributed by atoms with van der Waals surface area (Å²) in [5.41, 5.74) is 3.47. The first-order valence-corrected chi connectivity index (χ1v) is 8.25. The van der Waals surface area contributed by atoms with Crippen molar-refractivity contribution in [1.29, 1.82) is 0 Å². The normalized spacial score (nSPS) is 12.3. The Morgan fingerprint density at radius 2 is 2.14 bits per heavy atom. The summed E-state index contributed by atoms with van der Waals surface area (Å²) in [6.07, 6.45) is 2.32. The number of carbonyl (C=O) groups excluding carboxylic acids is 1. The molecule has 1 aromatic heterocycles. The third-order valence-corrected chi connectivity index (χ3v) is 4.16. The smallest absolute Gasteiger partial charge is 0.262 e. The number of anilines is 1. The second kappa shape index (κ2) is 7.95. The molecular weight excluding hydrogens is 350 g/mol. The van der Waals surface area contributed by atoms with E-state index >= 15 is 0 Å². The van der Waals surface area contributed by atoms with E-state index in [1.54, 1.807) is 17.6 Å². The van der Waals surface area contributed by atoms with Crippen LogP contribution in [0.4, 0.5) is 5.69 Å². The standard InChI is InChI=1S/C15H16BrN3OS/c1-2-14(18-12-7-5-11(16)6-8-12)15(20)19-17-10-13-4-3-9-21-13/h3-10,14,18H,2H2,1H3,(H,19,20)/b17-10-/t14-/m1/s1. The molecule has 0 spiro atoms. The summed E-state index contributed by atoms with van der Waals surface area (Å²) in [6, 6.07) is 11.3. The molecule has 1 aromatic carbocycles. The highest BCUT2D eigenvalue weighted by Crippen LogP contribution is 2.15. The Kier molecular flexibility index (Phi) is 5.95. The first kappa shape index (κ1) is 15.7. The average Bonchev–Trinajstić information content (AvgIpc) is 3.00. The second-order valence-corrected chi connectivity index (χ2v) is 6.26. The third kappa shape index (κ3) is 4.99. The van der Waals surface area contributed by atoms with E-state index in [-0.39, 0.29) is 11.9 Å². The summed E-state index contributed by atoms with van der Waals surface area (Å²) in [5.74, 6) is -0.145. The molecule has 4 nitrogen and oxygen atoms in total. The monoisotopic (exact) mass is 365 g/mol. The van der Waals surface area contributed by atoms with Crippen LogP contribution in [0.5, 0.6) is 0 Å². The summed E-state index contributed by atoms with van der Waals surface area (Å²) in [6.45, 7) is 1.96. The predicted molar refractivity (Wildman–Crippen MR) is 91.9 cm³/mol. The maximum Gasteiger partial charge on any atom is 0.262 e. The van der Waals surface area contributed by atoms with Crippen LogP contribution in [0, 0.1) is 0 Å². The quantitative estimate of drug-likeness (QED) is 0.603. The molecule has 21 heavy (non-hydrogen) atoms. The highest BCUT2D eigenvalue weighted by Gasteiger charge is 2.15. The summed E-state index contributed by atoms with van der Waals surface area (Å²) in [7, 11) is 0. The number of rotatable bonds is 6. The lowest BCUT2D eigenvalue weighted by Gasteiger charge is -2.16. The minimum absolute atomic E-state index is 0.145. The van der Waals surface area contributed by atoms with E-state index in [9.17, 15) is 4.79 Å². The minimum Gasteiger partial charge on any atom is -0.374 e. The number of hydrazone groups is 1. The number of hydrogen-bond acceptors (Lipinski definition) is 4. The van der Waals surface area contributed by atoms with Crippen LogP contribution >= 0.6 is 27.3 Å². The van der Waals surface area contributed by atoms with Crippen molar-refractivity contribution in [3.63, 3.8) is 0 Å². The minimum atomic E-state index is -0.313. The molecule has 0 aliphatic heterocycles. The molecule has 0 saturated carbocycles. The van der Waals surface area contributed by atoms with Crippen LogP contribution in [0.25, 0.3) is 0 Å². The Hall–Kier alpha value is -1.66. The van der Waals surface area contributed by atoms with Crippen LogP contribution in [-0.2, 0) is 4.79 Å². The molecule has 0 aliphatic rings. The Labute approximate surface area is 136 Å². The van der Waals surface area contributed by atoms with Crippen LogP contribution in [0.3, 0.4) is 0 Å². The molecular formula is C15H16BrN3OS. The first-order valence-electron chi connectivity index (χ1n) is 6.57. The van der Waals surface area contributed by atoms with E-state index < -0.39 is 0 Å². The Morgan fingerprint density at radius 1 is 1.38 bits per heavy atom. The molecule has 1 amide bonds. The molecule has 0 unspecified atom stereocenters. The van der Waals surface area contributed by atoms with Gasteiger partial charge in [0.05, 0.1) is 6.21 Å². The van der Waals surface area contributed by atoms with Crippen LogP contribution in [0.15, 0.2) is 51.4 Å². The van der Waals surface area contributed by atoms with Gasteiger partial charge < -0.3 is 5.32 Å². The van der Waals surface area contributed by atoms with E-state index in [0.29, 0.717) is 6.42 Å². The lowest BCUT2D eigenvalue weighted by molar-refractivity contribution is -0.121. The van der Waals surface area contributed by atoms with Gasteiger partial charge in [-0.05, 0) is 42.1 Å². The maximum absolute atomic E-state index is 12.1. The second-order valence-electron chi connectivity index (χ2n) is 4.36. The number of hydrogen-bond donors (Lipinski definition) is 2. The van der Waals surface area contributed by atoms with Crippen molar-refractivity contribution < 1.29 is 4.79 Å². The lowest BCUT2D eigenvalue weighted by Crippen LogP contribution is -2.36. The molecule has 1 heterocycles. The zero-order valence-electron chi connectivity index (χ0n) is 11.5. The van der Waals surface area contributed by atoms with E-state index in [1.807, 2.05) is 48.7 Å². The molecule has 2 rings (SSSR count). The van der Waals surface area contributed by atoms with Gasteiger partial charge in [0.1, 0.15) is 6.04 Å². The molecule has 0 fully saturated rings. The fourth-order valence-corrected chi connectivity index (χ4v) is 2.55. The fraction of sp³-hybridized carbons (Fsp3) is 0.200. The Balaban J connectivity index is 1.90. The summed E-state index contributed by atoms with van der Waals surface area (Å²) in [5, 5.41) is 9.14. The Morgan fingerprint density at radius 3 is 2.76 bits per heavy atom. The topological polar surface area (TPSA) is 53.5 Å². The van der Waals surface area contributed by atoms with E-state index in [4.69, 9.17) is 0 Å². The average molecular weight is 366 g/mol. The van der Waals surface area contributed by atoms with Crippen molar-refractivity contribution in [2.75, 3.05) is 5.32 Å². The van der Waals surface area contributed by atoms with Crippen LogP contribution < -0.4 is 10.7 Å². The van der Waals surface area contributed by atoms with Gasteiger partial charge in [0.15, 0.2) is 0 Å². The van der Waals surface area contributed by atoms with Gasteiger partial charge in [-0.15, -0.1) is 11.3 Å². The molecule has 0 saturated heterocycles. The Bertz CT molecular complexity index is 596. The van der Waals surface area contributed by atoms with Crippen LogP contribution in [0.2, 0.25) is 0 Å². The largest absolute Gasteiger partial charge is 0.374 e. The lowest BCUT2D eigenvalue weighted by atomic mass is 10.2. The van der Waals surface area contributed by atoms with Gasteiger partial charge in [-0.2, -0.15) is 5.10 Å². The highest BCUT2D eigenvalue weighted by atomic mass is 79.9. The fourth-order valence-electron chi connectivity index (χ4n) is 1.70. The van der Waals surface area contributed by atoms with Crippen molar-refractivity contribution in [1.82, 2.24) is 5.43 Å². The molecule has 0 bridgehead atoms. The van der Waals surface area contributed by atoms with Gasteiger partial charge in [-0.25, -0.2) is 5.43 Å². The first-order chi connectivity index (χ1) is 10.2. The number of benzene rings is 1. The van der Waals surface area contributed by atoms with Crippen molar-refractivity contribution in [2.45, 2.75) is 19.4 Å². The molecule has 0 radical (unpaired) electrons. The highest BCUT2D eigenvalue weighted by molar-refractivity contribution is 9.10. The van der Waals surface area contributed by atoms with Gasteiger partial charge >= 0.3 is 0 Å². The third-order valence-electron chi connectivity index (χ3n) is 2.82. The number of nitrogens with zero attached hydrogens (tertiary/aromatic N) is 1. The molecule has 1 atom stereocenters. The van der Waals surface area contributed by atoms with E-state index in [1.165, 1.54) is 0 Å². The van der Waals surface area contributed by atoms with Crippen molar-refractivity contribution in [3.05, 3.63) is 51.1 Å². The van der Waals surface area contributed by atoms with E-state index in [0.717, 1.165) is 15.0 Å². The summed E-state index contributed by atoms with van der Waals surface area (Å²) < 4.78 is 1.01. The number of thiophene rings is 1. The van der Waals surface area contributed by atoms with Gasteiger partial charge in [0, 0.05) is 15.0 Å².